The number of ether oxygens (including phenoxy) is 1. The molecule has 1 heterocycles. The Kier molecular flexibility index (Phi) is 7.64. The highest BCUT2D eigenvalue weighted by Gasteiger charge is 2.55. The molecule has 166 valence electrons. The van der Waals surface area contributed by atoms with Crippen LogP contribution in [0.4, 0.5) is 0 Å². The molecule has 0 saturated carbocycles. The fraction of sp³-hybridized carbons (Fsp3) is 0.609. The van der Waals surface area contributed by atoms with Crippen molar-refractivity contribution in [1.82, 2.24) is 4.90 Å². The summed E-state index contributed by atoms with van der Waals surface area (Å²) < 4.78 is 11.4. The molecule has 0 N–H and O–H groups in total. The van der Waals surface area contributed by atoms with Gasteiger partial charge < -0.3 is 14.1 Å². The van der Waals surface area contributed by atoms with Crippen LogP contribution in [0.5, 0.6) is 0 Å². The molecular formula is C23H35NO4SSi. The minimum atomic E-state index is -2.05. The molecule has 5 nitrogen and oxygen atoms in total. The van der Waals surface area contributed by atoms with E-state index in [2.05, 4.69) is 33.9 Å². The number of β-lactam (4-membered cyclic amide) rings is 1. The largest absolute Gasteiger partial charge is 0.468 e. The molecule has 7 heteroatoms. The van der Waals surface area contributed by atoms with Crippen LogP contribution >= 0.6 is 12.2 Å². The summed E-state index contributed by atoms with van der Waals surface area (Å²) in [6.07, 6.45) is -0.252. The third kappa shape index (κ3) is 5.01. The maximum absolute atomic E-state index is 13.1. The minimum absolute atomic E-state index is 0.0419. The fourth-order valence-corrected chi connectivity index (χ4v) is 5.48. The zero-order chi connectivity index (χ0) is 22.9. The molecule has 1 amide bonds. The second-order valence-electron chi connectivity index (χ2n) is 9.66. The van der Waals surface area contributed by atoms with E-state index in [1.165, 1.54) is 7.11 Å². The number of carbonyl (C=O) groups is 2. The quantitative estimate of drug-likeness (QED) is 0.193. The highest BCUT2D eigenvalue weighted by Crippen LogP contribution is 2.42. The lowest BCUT2D eigenvalue weighted by molar-refractivity contribution is -0.171. The van der Waals surface area contributed by atoms with Gasteiger partial charge in [-0.1, -0.05) is 70.2 Å². The van der Waals surface area contributed by atoms with Gasteiger partial charge in [0.1, 0.15) is 6.54 Å². The Morgan fingerprint density at radius 3 is 2.27 bits per heavy atom. The standard InChI is InChI=1S/C23H35NO4SSi/c1-15(21(29)17-12-10-9-11-13-17)20-19(22(26)24(20)14-18(25)27-6)16(2)28-30(7,8)23(3,4)5/h9-13,15-16,19-20H,14H2,1-8H3. The Morgan fingerprint density at radius 1 is 1.20 bits per heavy atom. The first-order chi connectivity index (χ1) is 13.8. The SMILES string of the molecule is COC(=O)CN1C(=O)C(C(C)O[Si](C)(C)C(C)(C)C)C1C(C)C(=S)c1ccccc1. The van der Waals surface area contributed by atoms with Gasteiger partial charge in [0, 0.05) is 10.8 Å². The molecule has 4 atom stereocenters. The summed E-state index contributed by atoms with van der Waals surface area (Å²) in [5.41, 5.74) is 0.967. The van der Waals surface area contributed by atoms with Crippen LogP contribution in [0.3, 0.4) is 0 Å². The Bertz CT molecular complexity index is 790. The van der Waals surface area contributed by atoms with Crippen LogP contribution in [-0.4, -0.2) is 55.8 Å². The van der Waals surface area contributed by atoms with Gasteiger partial charge in [-0.2, -0.15) is 0 Å². The van der Waals surface area contributed by atoms with Crippen LogP contribution in [0, 0.1) is 11.8 Å². The van der Waals surface area contributed by atoms with E-state index >= 15 is 0 Å². The molecular weight excluding hydrogens is 414 g/mol. The van der Waals surface area contributed by atoms with E-state index in [-0.39, 0.29) is 41.5 Å². The first-order valence-electron chi connectivity index (χ1n) is 10.5. The number of amides is 1. The summed E-state index contributed by atoms with van der Waals surface area (Å²) in [7, 11) is -0.721. The molecule has 0 bridgehead atoms. The van der Waals surface area contributed by atoms with Crippen LogP contribution in [0.1, 0.15) is 40.2 Å². The number of esters is 1. The summed E-state index contributed by atoms with van der Waals surface area (Å²) in [6.45, 7) is 14.9. The molecule has 0 aromatic heterocycles. The molecule has 0 aliphatic carbocycles. The second kappa shape index (κ2) is 9.28. The maximum Gasteiger partial charge on any atom is 0.325 e. The summed E-state index contributed by atoms with van der Waals surface area (Å²) >= 11 is 5.78. The van der Waals surface area contributed by atoms with E-state index in [1.807, 2.05) is 44.2 Å². The lowest BCUT2D eigenvalue weighted by atomic mass is 9.74. The van der Waals surface area contributed by atoms with Gasteiger partial charge in [-0.15, -0.1) is 0 Å². The summed E-state index contributed by atoms with van der Waals surface area (Å²) in [5, 5.41) is 0.0419. The fourth-order valence-electron chi connectivity index (χ4n) is 3.78. The number of thiocarbonyl (C=S) groups is 1. The lowest BCUT2D eigenvalue weighted by Crippen LogP contribution is -2.69. The van der Waals surface area contributed by atoms with E-state index in [4.69, 9.17) is 21.4 Å². The average Bonchev–Trinajstić information content (AvgIpc) is 2.67. The highest BCUT2D eigenvalue weighted by atomic mass is 32.1. The van der Waals surface area contributed by atoms with E-state index in [0.29, 0.717) is 0 Å². The number of likely N-dealkylation sites (tertiary alicyclic amines) is 1. The molecule has 0 spiro atoms. The number of methoxy groups -OCH3 is 1. The number of hydrogen-bond acceptors (Lipinski definition) is 5. The molecule has 2 rings (SSSR count). The first kappa shape index (κ1) is 24.7. The van der Waals surface area contributed by atoms with Gasteiger partial charge in [-0.05, 0) is 30.6 Å². The number of rotatable bonds is 8. The van der Waals surface area contributed by atoms with Crippen LogP contribution in [0.25, 0.3) is 0 Å². The predicted octanol–water partition coefficient (Wildman–Crippen LogP) is 4.45. The van der Waals surface area contributed by atoms with E-state index in [9.17, 15) is 9.59 Å². The van der Waals surface area contributed by atoms with Gasteiger partial charge in [-0.25, -0.2) is 0 Å². The Labute approximate surface area is 187 Å². The first-order valence-corrected chi connectivity index (χ1v) is 13.8. The zero-order valence-corrected chi connectivity index (χ0v) is 21.2. The van der Waals surface area contributed by atoms with Crippen molar-refractivity contribution in [3.63, 3.8) is 0 Å². The molecule has 4 unspecified atom stereocenters. The molecule has 1 aliphatic rings. The third-order valence-corrected chi connectivity index (χ3v) is 11.8. The maximum atomic E-state index is 13.1. The van der Waals surface area contributed by atoms with Gasteiger partial charge in [0.05, 0.1) is 25.2 Å². The van der Waals surface area contributed by atoms with E-state index in [0.717, 1.165) is 10.4 Å². The van der Waals surface area contributed by atoms with Crippen LogP contribution in [-0.2, 0) is 18.8 Å². The van der Waals surface area contributed by atoms with Crippen molar-refractivity contribution in [3.05, 3.63) is 35.9 Å². The Hall–Kier alpha value is -1.57. The predicted molar refractivity (Wildman–Crippen MR) is 126 cm³/mol. The number of nitrogens with zero attached hydrogens (tertiary/aromatic N) is 1. The van der Waals surface area contributed by atoms with Crippen molar-refractivity contribution in [2.24, 2.45) is 11.8 Å². The van der Waals surface area contributed by atoms with E-state index < -0.39 is 14.3 Å². The lowest BCUT2D eigenvalue weighted by Gasteiger charge is -2.53. The Morgan fingerprint density at radius 2 is 1.77 bits per heavy atom. The van der Waals surface area contributed by atoms with Crippen molar-refractivity contribution >= 4 is 37.3 Å². The van der Waals surface area contributed by atoms with E-state index in [1.54, 1.807) is 4.90 Å². The van der Waals surface area contributed by atoms with Gasteiger partial charge >= 0.3 is 5.97 Å². The van der Waals surface area contributed by atoms with Gasteiger partial charge in [0.15, 0.2) is 8.32 Å². The van der Waals surface area contributed by atoms with Gasteiger partial charge in [-0.3, -0.25) is 9.59 Å². The summed E-state index contributed by atoms with van der Waals surface area (Å²) in [6, 6.07) is 9.61. The second-order valence-corrected chi connectivity index (χ2v) is 14.9. The molecule has 1 aromatic carbocycles. The monoisotopic (exact) mass is 449 g/mol. The summed E-state index contributed by atoms with van der Waals surface area (Å²) in [4.78, 5) is 27.4. The molecule has 1 fully saturated rings. The summed E-state index contributed by atoms with van der Waals surface area (Å²) in [5.74, 6) is -0.928. The smallest absolute Gasteiger partial charge is 0.325 e. The van der Waals surface area contributed by atoms with Crippen LogP contribution in [0.15, 0.2) is 30.3 Å². The third-order valence-electron chi connectivity index (χ3n) is 6.60. The van der Waals surface area contributed by atoms with Gasteiger partial charge in [0.2, 0.25) is 5.91 Å². The highest BCUT2D eigenvalue weighted by molar-refractivity contribution is 7.80. The number of hydrogen-bond donors (Lipinski definition) is 0. The van der Waals surface area contributed by atoms with Crippen molar-refractivity contribution in [2.75, 3.05) is 13.7 Å². The topological polar surface area (TPSA) is 55.8 Å². The molecule has 1 saturated heterocycles. The molecule has 0 radical (unpaired) electrons. The van der Waals surface area contributed by atoms with Crippen molar-refractivity contribution in [1.29, 1.82) is 0 Å². The van der Waals surface area contributed by atoms with Crippen LogP contribution in [0.2, 0.25) is 18.1 Å². The van der Waals surface area contributed by atoms with Crippen molar-refractivity contribution in [3.8, 4) is 0 Å². The number of benzene rings is 1. The molecule has 1 aromatic rings. The minimum Gasteiger partial charge on any atom is -0.468 e. The normalized spacial score (nSPS) is 21.6. The average molecular weight is 450 g/mol. The van der Waals surface area contributed by atoms with Crippen LogP contribution < -0.4 is 0 Å². The number of carbonyl (C=O) groups excluding carboxylic acids is 2. The van der Waals surface area contributed by atoms with Crippen molar-refractivity contribution < 1.29 is 18.8 Å². The molecule has 1 aliphatic heterocycles. The van der Waals surface area contributed by atoms with Gasteiger partial charge in [0.25, 0.3) is 0 Å². The van der Waals surface area contributed by atoms with Crippen molar-refractivity contribution in [2.45, 2.75) is 64.9 Å². The zero-order valence-electron chi connectivity index (χ0n) is 19.4. The Balaban J connectivity index is 2.30. The molecule has 30 heavy (non-hydrogen) atoms.